The molecule has 0 aliphatic heterocycles. The van der Waals surface area contributed by atoms with E-state index in [9.17, 15) is 8.42 Å². The summed E-state index contributed by atoms with van der Waals surface area (Å²) in [5.74, 6) is 0.476. The average Bonchev–Trinajstić information content (AvgIpc) is 2.47. The highest BCUT2D eigenvalue weighted by Crippen LogP contribution is 2.20. The Morgan fingerprint density at radius 2 is 2.05 bits per heavy atom. The van der Waals surface area contributed by atoms with E-state index >= 15 is 0 Å². The summed E-state index contributed by atoms with van der Waals surface area (Å²) < 4.78 is 22.9. The van der Waals surface area contributed by atoms with Crippen LogP contribution in [0.1, 0.15) is 30.5 Å². The number of nitrogens with one attached hydrogen (secondary N) is 1. The smallest absolute Gasteiger partial charge is 0.238 e. The van der Waals surface area contributed by atoms with Gasteiger partial charge in [0, 0.05) is 18.8 Å². The summed E-state index contributed by atoms with van der Waals surface area (Å²) in [5, 5.41) is 8.57. The van der Waals surface area contributed by atoms with Crippen LogP contribution in [0, 0.1) is 0 Å². The van der Waals surface area contributed by atoms with Crippen LogP contribution in [-0.2, 0) is 16.6 Å². The topological polar surface area (TPSA) is 111 Å². The molecule has 2 aromatic rings. The first-order valence-electron chi connectivity index (χ1n) is 6.96. The summed E-state index contributed by atoms with van der Waals surface area (Å²) in [6.07, 6.45) is 2.48. The summed E-state index contributed by atoms with van der Waals surface area (Å²) >= 11 is 0. The van der Waals surface area contributed by atoms with Crippen molar-refractivity contribution < 1.29 is 8.42 Å². The van der Waals surface area contributed by atoms with Crippen LogP contribution in [-0.4, -0.2) is 13.4 Å². The van der Waals surface area contributed by atoms with Crippen molar-refractivity contribution in [1.82, 2.24) is 10.3 Å². The lowest BCUT2D eigenvalue weighted by Crippen LogP contribution is -2.21. The quantitative estimate of drug-likeness (QED) is 0.748. The number of anilines is 1. The molecule has 0 fully saturated rings. The molecule has 6 nitrogen and oxygen atoms in total. The third kappa shape index (κ3) is 4.27. The Morgan fingerprint density at radius 1 is 1.27 bits per heavy atom. The number of aromatic nitrogens is 1. The maximum Gasteiger partial charge on any atom is 0.238 e. The summed E-state index contributed by atoms with van der Waals surface area (Å²) in [5.41, 5.74) is 7.56. The van der Waals surface area contributed by atoms with Crippen molar-refractivity contribution in [2.75, 3.05) is 5.73 Å². The lowest BCUT2D eigenvalue weighted by molar-refractivity contribution is 0.517. The first-order valence-corrected chi connectivity index (χ1v) is 8.51. The number of sulfonamides is 1. The molecule has 0 saturated heterocycles. The molecule has 0 radical (unpaired) electrons. The molecule has 1 unspecified atom stereocenters. The third-order valence-corrected chi connectivity index (χ3v) is 4.31. The molecule has 1 heterocycles. The van der Waals surface area contributed by atoms with E-state index in [4.69, 9.17) is 10.9 Å². The van der Waals surface area contributed by atoms with E-state index in [-0.39, 0.29) is 10.9 Å². The molecule has 1 atom stereocenters. The first-order chi connectivity index (χ1) is 10.4. The normalized spacial score (nSPS) is 13.0. The molecule has 0 saturated carbocycles. The Labute approximate surface area is 130 Å². The van der Waals surface area contributed by atoms with Gasteiger partial charge in [-0.05, 0) is 41.8 Å². The maximum atomic E-state index is 11.4. The summed E-state index contributed by atoms with van der Waals surface area (Å²) in [4.78, 5) is 4.08. The standard InChI is InChI=1S/C15H20N4O2S/c1-2-14(19-10-11-6-7-18-15(16)8-11)12-4-3-5-13(9-12)22(17,20)21/h3-9,14,19H,2,10H2,1H3,(H2,16,18)(H2,17,20,21). The molecule has 0 aliphatic rings. The number of hydrogen-bond acceptors (Lipinski definition) is 5. The highest BCUT2D eigenvalue weighted by Gasteiger charge is 2.13. The Morgan fingerprint density at radius 3 is 2.68 bits per heavy atom. The van der Waals surface area contributed by atoms with Crippen LogP contribution in [0.5, 0.6) is 0 Å². The number of primary sulfonamides is 1. The fourth-order valence-corrected chi connectivity index (χ4v) is 2.82. The lowest BCUT2D eigenvalue weighted by Gasteiger charge is -2.18. The lowest BCUT2D eigenvalue weighted by atomic mass is 10.0. The predicted octanol–water partition coefficient (Wildman–Crippen LogP) is 1.55. The molecule has 1 aromatic heterocycles. The Balaban J connectivity index is 2.15. The van der Waals surface area contributed by atoms with Crippen LogP contribution >= 0.6 is 0 Å². The maximum absolute atomic E-state index is 11.4. The third-order valence-electron chi connectivity index (χ3n) is 3.40. The van der Waals surface area contributed by atoms with Crippen LogP contribution < -0.4 is 16.2 Å². The molecule has 0 bridgehead atoms. The monoisotopic (exact) mass is 320 g/mol. The van der Waals surface area contributed by atoms with Gasteiger partial charge in [-0.25, -0.2) is 18.5 Å². The van der Waals surface area contributed by atoms with Gasteiger partial charge in [0.05, 0.1) is 4.90 Å². The van der Waals surface area contributed by atoms with Crippen molar-refractivity contribution in [3.63, 3.8) is 0 Å². The number of benzene rings is 1. The van der Waals surface area contributed by atoms with Crippen molar-refractivity contribution >= 4 is 15.8 Å². The minimum atomic E-state index is -3.69. The van der Waals surface area contributed by atoms with Crippen molar-refractivity contribution in [1.29, 1.82) is 0 Å². The minimum absolute atomic E-state index is 0.0242. The van der Waals surface area contributed by atoms with Gasteiger partial charge in [-0.1, -0.05) is 19.1 Å². The van der Waals surface area contributed by atoms with E-state index in [1.165, 1.54) is 6.07 Å². The highest BCUT2D eigenvalue weighted by atomic mass is 32.2. The van der Waals surface area contributed by atoms with Crippen LogP contribution in [0.3, 0.4) is 0 Å². The summed E-state index contributed by atoms with van der Waals surface area (Å²) in [6, 6.07) is 10.4. The van der Waals surface area contributed by atoms with Crippen LogP contribution in [0.2, 0.25) is 0 Å². The van der Waals surface area contributed by atoms with E-state index in [1.54, 1.807) is 24.4 Å². The molecule has 5 N–H and O–H groups in total. The van der Waals surface area contributed by atoms with Gasteiger partial charge in [0.15, 0.2) is 0 Å². The van der Waals surface area contributed by atoms with Crippen LogP contribution in [0.15, 0.2) is 47.5 Å². The van der Waals surface area contributed by atoms with Gasteiger partial charge in [-0.2, -0.15) is 0 Å². The predicted molar refractivity (Wildman–Crippen MR) is 86.3 cm³/mol. The van der Waals surface area contributed by atoms with Crippen LogP contribution in [0.4, 0.5) is 5.82 Å². The molecular formula is C15H20N4O2S. The van der Waals surface area contributed by atoms with E-state index < -0.39 is 10.0 Å². The molecule has 118 valence electrons. The number of rotatable bonds is 6. The van der Waals surface area contributed by atoms with E-state index in [0.29, 0.717) is 12.4 Å². The SMILES string of the molecule is CCC(NCc1ccnc(N)c1)c1cccc(S(N)(=O)=O)c1. The second-order valence-electron chi connectivity index (χ2n) is 5.05. The van der Waals surface area contributed by atoms with Gasteiger partial charge < -0.3 is 11.1 Å². The van der Waals surface area contributed by atoms with Crippen molar-refractivity contribution in [2.45, 2.75) is 30.8 Å². The van der Waals surface area contributed by atoms with Crippen molar-refractivity contribution in [2.24, 2.45) is 5.14 Å². The van der Waals surface area contributed by atoms with Gasteiger partial charge in [0.25, 0.3) is 0 Å². The molecule has 22 heavy (non-hydrogen) atoms. The number of pyridine rings is 1. The molecule has 0 aliphatic carbocycles. The van der Waals surface area contributed by atoms with Gasteiger partial charge in [0.2, 0.25) is 10.0 Å². The second kappa shape index (κ2) is 6.87. The zero-order chi connectivity index (χ0) is 16.2. The van der Waals surface area contributed by atoms with Gasteiger partial charge in [0.1, 0.15) is 5.82 Å². The van der Waals surface area contributed by atoms with E-state index in [0.717, 1.165) is 17.5 Å². The fourth-order valence-electron chi connectivity index (χ4n) is 2.25. The fraction of sp³-hybridized carbons (Fsp3) is 0.267. The molecular weight excluding hydrogens is 300 g/mol. The summed E-state index contributed by atoms with van der Waals surface area (Å²) in [7, 11) is -3.69. The van der Waals surface area contributed by atoms with E-state index in [1.807, 2.05) is 19.1 Å². The van der Waals surface area contributed by atoms with Crippen LogP contribution in [0.25, 0.3) is 0 Å². The number of nitrogens with two attached hydrogens (primary N) is 2. The molecule has 0 amide bonds. The zero-order valence-corrected chi connectivity index (χ0v) is 13.2. The molecule has 0 spiro atoms. The molecule has 1 aromatic carbocycles. The highest BCUT2D eigenvalue weighted by molar-refractivity contribution is 7.89. The molecule has 7 heteroatoms. The largest absolute Gasteiger partial charge is 0.384 e. The first kappa shape index (κ1) is 16.4. The Kier molecular flexibility index (Phi) is 5.12. The summed E-state index contributed by atoms with van der Waals surface area (Å²) in [6.45, 7) is 2.65. The minimum Gasteiger partial charge on any atom is -0.384 e. The molecule has 2 rings (SSSR count). The average molecular weight is 320 g/mol. The number of nitrogens with zero attached hydrogens (tertiary/aromatic N) is 1. The number of hydrogen-bond donors (Lipinski definition) is 3. The second-order valence-corrected chi connectivity index (χ2v) is 6.61. The van der Waals surface area contributed by atoms with Gasteiger partial charge >= 0.3 is 0 Å². The van der Waals surface area contributed by atoms with Crippen molar-refractivity contribution in [3.05, 3.63) is 53.7 Å². The Bertz CT molecular complexity index is 747. The van der Waals surface area contributed by atoms with Gasteiger partial charge in [-0.15, -0.1) is 0 Å². The van der Waals surface area contributed by atoms with Crippen molar-refractivity contribution in [3.8, 4) is 0 Å². The van der Waals surface area contributed by atoms with Gasteiger partial charge in [-0.3, -0.25) is 0 Å². The van der Waals surface area contributed by atoms with E-state index in [2.05, 4.69) is 10.3 Å². The Hall–Kier alpha value is -1.96. The number of nitrogen functional groups attached to an aromatic ring is 1. The zero-order valence-electron chi connectivity index (χ0n) is 12.4.